The zero-order chi connectivity index (χ0) is 9.26. The number of hydrogen-bond donors (Lipinski definition) is 1. The monoisotopic (exact) mass is 176 g/mol. The second-order valence-corrected chi connectivity index (χ2v) is 3.57. The van der Waals surface area contributed by atoms with E-state index in [1.54, 1.807) is 0 Å². The first-order valence-electron chi connectivity index (χ1n) is 4.88. The van der Waals surface area contributed by atoms with E-state index in [1.165, 1.54) is 17.8 Å². The Morgan fingerprint density at radius 1 is 1.46 bits per heavy atom. The second kappa shape index (κ2) is 3.29. The van der Waals surface area contributed by atoms with Crippen molar-refractivity contribution in [1.82, 2.24) is 0 Å². The predicted octanol–water partition coefficient (Wildman–Crippen LogP) is 2.33. The lowest BCUT2D eigenvalue weighted by Crippen LogP contribution is -2.40. The summed E-state index contributed by atoms with van der Waals surface area (Å²) in [5.41, 5.74) is 2.58. The van der Waals surface area contributed by atoms with E-state index in [4.69, 9.17) is 0 Å². The zero-order valence-electron chi connectivity index (χ0n) is 8.25. The lowest BCUT2D eigenvalue weighted by atomic mass is 10.1. The highest BCUT2D eigenvalue weighted by Gasteiger charge is 2.20. The van der Waals surface area contributed by atoms with Gasteiger partial charge >= 0.3 is 0 Å². The van der Waals surface area contributed by atoms with Gasteiger partial charge in [-0.1, -0.05) is 19.1 Å². The Kier molecular flexibility index (Phi) is 2.13. The fourth-order valence-corrected chi connectivity index (χ4v) is 1.91. The third kappa shape index (κ3) is 1.37. The maximum atomic E-state index is 3.45. The molecular formula is C11H16N2. The average molecular weight is 176 g/mol. The Morgan fingerprint density at radius 2 is 2.23 bits per heavy atom. The third-order valence-electron chi connectivity index (χ3n) is 2.83. The normalized spacial score (nSPS) is 20.8. The van der Waals surface area contributed by atoms with Crippen molar-refractivity contribution in [3.05, 3.63) is 24.3 Å². The summed E-state index contributed by atoms with van der Waals surface area (Å²) in [6.07, 6.45) is 1.19. The van der Waals surface area contributed by atoms with Crippen LogP contribution in [0.2, 0.25) is 0 Å². The van der Waals surface area contributed by atoms with Crippen LogP contribution in [-0.4, -0.2) is 19.6 Å². The van der Waals surface area contributed by atoms with Gasteiger partial charge in [-0.3, -0.25) is 0 Å². The van der Waals surface area contributed by atoms with Gasteiger partial charge in [0.2, 0.25) is 0 Å². The molecule has 2 heteroatoms. The van der Waals surface area contributed by atoms with Crippen molar-refractivity contribution >= 4 is 11.4 Å². The van der Waals surface area contributed by atoms with Gasteiger partial charge in [-0.2, -0.15) is 0 Å². The van der Waals surface area contributed by atoms with Crippen molar-refractivity contribution < 1.29 is 0 Å². The molecule has 1 N–H and O–H groups in total. The molecule has 1 aromatic rings. The number of para-hydroxylation sites is 2. The summed E-state index contributed by atoms with van der Waals surface area (Å²) in [6, 6.07) is 9.11. The Labute approximate surface area is 79.6 Å². The van der Waals surface area contributed by atoms with Crippen molar-refractivity contribution in [1.29, 1.82) is 0 Å². The van der Waals surface area contributed by atoms with E-state index < -0.39 is 0 Å². The van der Waals surface area contributed by atoms with Crippen LogP contribution in [0.1, 0.15) is 13.3 Å². The molecule has 1 atom stereocenters. The topological polar surface area (TPSA) is 15.3 Å². The first kappa shape index (κ1) is 8.42. The van der Waals surface area contributed by atoms with Crippen LogP contribution in [0.25, 0.3) is 0 Å². The molecule has 1 heterocycles. The number of fused-ring (bicyclic) bond motifs is 1. The summed E-state index contributed by atoms with van der Waals surface area (Å²) in [6.45, 7) is 3.29. The van der Waals surface area contributed by atoms with Gasteiger partial charge in [-0.05, 0) is 18.6 Å². The quantitative estimate of drug-likeness (QED) is 0.706. The van der Waals surface area contributed by atoms with Gasteiger partial charge in [-0.25, -0.2) is 0 Å². The van der Waals surface area contributed by atoms with Crippen LogP contribution in [0, 0.1) is 0 Å². The van der Waals surface area contributed by atoms with Crippen molar-refractivity contribution in [3.8, 4) is 0 Å². The molecule has 0 fully saturated rings. The largest absolute Gasteiger partial charge is 0.381 e. The molecule has 0 saturated carbocycles. The summed E-state index contributed by atoms with van der Waals surface area (Å²) in [5, 5.41) is 3.45. The molecular weight excluding hydrogens is 160 g/mol. The molecule has 0 bridgehead atoms. The number of anilines is 2. The van der Waals surface area contributed by atoms with Crippen molar-refractivity contribution in [3.63, 3.8) is 0 Å². The van der Waals surface area contributed by atoms with E-state index in [0.29, 0.717) is 6.04 Å². The molecule has 13 heavy (non-hydrogen) atoms. The van der Waals surface area contributed by atoms with Gasteiger partial charge < -0.3 is 10.2 Å². The highest BCUT2D eigenvalue weighted by Crippen LogP contribution is 2.30. The van der Waals surface area contributed by atoms with Gasteiger partial charge in [0.1, 0.15) is 0 Å². The summed E-state index contributed by atoms with van der Waals surface area (Å²) >= 11 is 0. The Morgan fingerprint density at radius 3 is 3.00 bits per heavy atom. The van der Waals surface area contributed by atoms with Crippen LogP contribution in [0.3, 0.4) is 0 Å². The smallest absolute Gasteiger partial charge is 0.0602 e. The van der Waals surface area contributed by atoms with Crippen LogP contribution in [-0.2, 0) is 0 Å². The van der Waals surface area contributed by atoms with Gasteiger partial charge in [0.25, 0.3) is 0 Å². The van der Waals surface area contributed by atoms with Gasteiger partial charge in [0, 0.05) is 19.6 Å². The minimum Gasteiger partial charge on any atom is -0.381 e. The minimum absolute atomic E-state index is 0.634. The minimum atomic E-state index is 0.634. The van der Waals surface area contributed by atoms with E-state index in [1.807, 2.05) is 0 Å². The van der Waals surface area contributed by atoms with E-state index >= 15 is 0 Å². The van der Waals surface area contributed by atoms with Crippen LogP contribution in [0.15, 0.2) is 24.3 Å². The Balaban J connectivity index is 2.33. The van der Waals surface area contributed by atoms with Crippen LogP contribution in [0.5, 0.6) is 0 Å². The molecule has 0 radical (unpaired) electrons. The average Bonchev–Trinajstić information content (AvgIpc) is 2.19. The van der Waals surface area contributed by atoms with E-state index in [-0.39, 0.29) is 0 Å². The lowest BCUT2D eigenvalue weighted by molar-refractivity contribution is 0.622. The summed E-state index contributed by atoms with van der Waals surface area (Å²) in [4.78, 5) is 2.37. The zero-order valence-corrected chi connectivity index (χ0v) is 8.25. The fraction of sp³-hybridized carbons (Fsp3) is 0.455. The number of likely N-dealkylation sites (N-methyl/N-ethyl adjacent to an activating group) is 1. The molecule has 1 aromatic carbocycles. The maximum Gasteiger partial charge on any atom is 0.0602 e. The Hall–Kier alpha value is -1.18. The Bertz CT molecular complexity index is 296. The van der Waals surface area contributed by atoms with Gasteiger partial charge in [0.05, 0.1) is 11.4 Å². The summed E-state index contributed by atoms with van der Waals surface area (Å²) in [7, 11) is 2.17. The molecule has 0 amide bonds. The predicted molar refractivity (Wildman–Crippen MR) is 57.4 cm³/mol. The van der Waals surface area contributed by atoms with E-state index in [0.717, 1.165) is 6.54 Å². The van der Waals surface area contributed by atoms with Crippen molar-refractivity contribution in [2.45, 2.75) is 19.4 Å². The molecule has 1 aliphatic rings. The molecule has 0 aliphatic carbocycles. The lowest BCUT2D eigenvalue weighted by Gasteiger charge is -2.36. The number of nitrogens with zero attached hydrogens (tertiary/aromatic N) is 1. The molecule has 2 rings (SSSR count). The maximum absolute atomic E-state index is 3.45. The molecule has 1 aliphatic heterocycles. The fourth-order valence-electron chi connectivity index (χ4n) is 1.91. The highest BCUT2D eigenvalue weighted by molar-refractivity contribution is 5.72. The SMILES string of the molecule is CCC1CNc2ccccc2N1C. The van der Waals surface area contributed by atoms with Crippen molar-refractivity contribution in [2.75, 3.05) is 23.8 Å². The molecule has 0 aromatic heterocycles. The molecule has 0 spiro atoms. The molecule has 1 unspecified atom stereocenters. The van der Waals surface area contributed by atoms with Crippen LogP contribution < -0.4 is 10.2 Å². The first-order valence-corrected chi connectivity index (χ1v) is 4.88. The number of hydrogen-bond acceptors (Lipinski definition) is 2. The van der Waals surface area contributed by atoms with Crippen LogP contribution in [0.4, 0.5) is 11.4 Å². The van der Waals surface area contributed by atoms with E-state index in [2.05, 4.69) is 48.5 Å². The third-order valence-corrected chi connectivity index (χ3v) is 2.83. The van der Waals surface area contributed by atoms with Gasteiger partial charge in [0.15, 0.2) is 0 Å². The molecule has 70 valence electrons. The number of rotatable bonds is 1. The first-order chi connectivity index (χ1) is 6.33. The second-order valence-electron chi connectivity index (χ2n) is 3.57. The number of benzene rings is 1. The number of nitrogens with one attached hydrogen (secondary N) is 1. The highest BCUT2D eigenvalue weighted by atomic mass is 15.2. The van der Waals surface area contributed by atoms with Crippen LogP contribution >= 0.6 is 0 Å². The summed E-state index contributed by atoms with van der Waals surface area (Å²) < 4.78 is 0. The standard InChI is InChI=1S/C11H16N2/c1-3-9-8-12-10-6-4-5-7-11(10)13(9)2/h4-7,9,12H,3,8H2,1-2H3. The molecule has 0 saturated heterocycles. The molecule has 2 nitrogen and oxygen atoms in total. The van der Waals surface area contributed by atoms with Gasteiger partial charge in [-0.15, -0.1) is 0 Å². The van der Waals surface area contributed by atoms with E-state index in [9.17, 15) is 0 Å². The van der Waals surface area contributed by atoms with Crippen molar-refractivity contribution in [2.24, 2.45) is 0 Å². The summed E-state index contributed by atoms with van der Waals surface area (Å²) in [5.74, 6) is 0.